The van der Waals surface area contributed by atoms with Gasteiger partial charge in [0.2, 0.25) is 5.89 Å². The van der Waals surface area contributed by atoms with Gasteiger partial charge in [0, 0.05) is 12.5 Å². The molecule has 2 aromatic rings. The molecule has 5 heteroatoms. The van der Waals surface area contributed by atoms with Crippen LogP contribution in [0.1, 0.15) is 43.5 Å². The lowest BCUT2D eigenvalue weighted by Gasteiger charge is -2.17. The van der Waals surface area contributed by atoms with E-state index in [1.165, 1.54) is 12.1 Å². The largest absolute Gasteiger partial charge is 0.339 e. The summed E-state index contributed by atoms with van der Waals surface area (Å²) in [5, 5.41) is 7.22. The highest BCUT2D eigenvalue weighted by molar-refractivity contribution is 5.19. The predicted octanol–water partition coefficient (Wildman–Crippen LogP) is 2.90. The van der Waals surface area contributed by atoms with Crippen molar-refractivity contribution in [3.05, 3.63) is 47.4 Å². The summed E-state index contributed by atoms with van der Waals surface area (Å²) in [5.74, 6) is 1.26. The third-order valence-corrected chi connectivity index (χ3v) is 3.58. The molecule has 0 aliphatic rings. The molecule has 0 spiro atoms. The molecule has 1 heterocycles. The van der Waals surface area contributed by atoms with E-state index in [9.17, 15) is 4.39 Å². The van der Waals surface area contributed by atoms with Crippen molar-refractivity contribution in [1.82, 2.24) is 15.5 Å². The first-order valence-electron chi connectivity index (χ1n) is 6.88. The van der Waals surface area contributed by atoms with Gasteiger partial charge in [0.25, 0.3) is 0 Å². The summed E-state index contributed by atoms with van der Waals surface area (Å²) in [6, 6.07) is 6.62. The Morgan fingerprint density at radius 1 is 1.30 bits per heavy atom. The molecule has 2 rings (SSSR count). The Hall–Kier alpha value is -1.75. The normalized spacial score (nSPS) is 14.2. The number of nitrogens with one attached hydrogen (secondary N) is 1. The average molecular weight is 277 g/mol. The van der Waals surface area contributed by atoms with Crippen LogP contribution in [0, 0.1) is 5.82 Å². The number of benzene rings is 1. The first kappa shape index (κ1) is 14.7. The van der Waals surface area contributed by atoms with E-state index in [0.717, 1.165) is 12.0 Å². The predicted molar refractivity (Wildman–Crippen MR) is 75.1 cm³/mol. The minimum atomic E-state index is -0.239. The van der Waals surface area contributed by atoms with E-state index in [4.69, 9.17) is 4.52 Å². The molecule has 0 saturated carbocycles. The molecular weight excluding hydrogens is 257 g/mol. The fourth-order valence-electron chi connectivity index (χ4n) is 2.22. The molecular formula is C15H20FN3O. The summed E-state index contributed by atoms with van der Waals surface area (Å²) in [5.41, 5.74) is 0.966. The highest BCUT2D eigenvalue weighted by Gasteiger charge is 2.22. The standard InChI is InChI=1S/C15H20FN3O/c1-4-13(10(2)17-3)15-18-14(19-20-15)9-11-5-7-12(16)8-6-11/h5-8,10,13,17H,4,9H2,1-3H3. The molecule has 2 unspecified atom stereocenters. The van der Waals surface area contributed by atoms with E-state index in [0.29, 0.717) is 18.1 Å². The summed E-state index contributed by atoms with van der Waals surface area (Å²) in [7, 11) is 1.92. The Morgan fingerprint density at radius 2 is 2.00 bits per heavy atom. The second-order valence-corrected chi connectivity index (χ2v) is 4.94. The molecule has 1 aromatic heterocycles. The maximum Gasteiger partial charge on any atom is 0.231 e. The van der Waals surface area contributed by atoms with Crippen LogP contribution in [0.3, 0.4) is 0 Å². The Morgan fingerprint density at radius 3 is 2.60 bits per heavy atom. The van der Waals surface area contributed by atoms with Crippen molar-refractivity contribution in [1.29, 1.82) is 0 Å². The fraction of sp³-hybridized carbons (Fsp3) is 0.467. The number of likely N-dealkylation sites (N-methyl/N-ethyl adjacent to an activating group) is 1. The molecule has 4 nitrogen and oxygen atoms in total. The molecule has 0 amide bonds. The van der Waals surface area contributed by atoms with Gasteiger partial charge in [-0.3, -0.25) is 0 Å². The van der Waals surface area contributed by atoms with Gasteiger partial charge < -0.3 is 9.84 Å². The summed E-state index contributed by atoms with van der Waals surface area (Å²) in [4.78, 5) is 4.46. The van der Waals surface area contributed by atoms with Crippen LogP contribution in [0.15, 0.2) is 28.8 Å². The number of rotatable bonds is 6. The minimum Gasteiger partial charge on any atom is -0.339 e. The maximum absolute atomic E-state index is 12.9. The number of aromatic nitrogens is 2. The molecule has 0 bridgehead atoms. The summed E-state index contributed by atoms with van der Waals surface area (Å²) < 4.78 is 18.2. The molecule has 20 heavy (non-hydrogen) atoms. The van der Waals surface area contributed by atoms with E-state index in [1.54, 1.807) is 12.1 Å². The van der Waals surface area contributed by atoms with Gasteiger partial charge in [-0.25, -0.2) is 4.39 Å². The van der Waals surface area contributed by atoms with Crippen molar-refractivity contribution in [3.63, 3.8) is 0 Å². The van der Waals surface area contributed by atoms with Crippen LogP contribution >= 0.6 is 0 Å². The van der Waals surface area contributed by atoms with Gasteiger partial charge in [-0.15, -0.1) is 0 Å². The highest BCUT2D eigenvalue weighted by Crippen LogP contribution is 2.22. The first-order chi connectivity index (χ1) is 9.63. The average Bonchev–Trinajstić information content (AvgIpc) is 2.90. The van der Waals surface area contributed by atoms with Crippen molar-refractivity contribution < 1.29 is 8.91 Å². The first-order valence-corrected chi connectivity index (χ1v) is 6.88. The molecule has 1 N–H and O–H groups in total. The topological polar surface area (TPSA) is 51.0 Å². The summed E-state index contributed by atoms with van der Waals surface area (Å²) in [6.45, 7) is 4.19. The second kappa shape index (κ2) is 6.61. The third kappa shape index (κ3) is 3.42. The summed E-state index contributed by atoms with van der Waals surface area (Å²) in [6.07, 6.45) is 1.48. The van der Waals surface area contributed by atoms with Gasteiger partial charge in [-0.1, -0.05) is 24.2 Å². The Bertz CT molecular complexity index is 538. The highest BCUT2D eigenvalue weighted by atomic mass is 19.1. The van der Waals surface area contributed by atoms with Crippen LogP contribution in [0.25, 0.3) is 0 Å². The second-order valence-electron chi connectivity index (χ2n) is 4.94. The molecule has 0 radical (unpaired) electrons. The molecule has 1 aromatic carbocycles. The smallest absolute Gasteiger partial charge is 0.231 e. The molecule has 0 saturated heterocycles. The van der Waals surface area contributed by atoms with E-state index < -0.39 is 0 Å². The van der Waals surface area contributed by atoms with E-state index >= 15 is 0 Å². The number of hydrogen-bond acceptors (Lipinski definition) is 4. The van der Waals surface area contributed by atoms with Crippen LogP contribution in [0.2, 0.25) is 0 Å². The Balaban J connectivity index is 2.10. The van der Waals surface area contributed by atoms with E-state index in [2.05, 4.69) is 29.3 Å². The van der Waals surface area contributed by atoms with E-state index in [1.807, 2.05) is 7.05 Å². The molecule has 2 atom stereocenters. The van der Waals surface area contributed by atoms with Crippen molar-refractivity contribution in [3.8, 4) is 0 Å². The monoisotopic (exact) mass is 277 g/mol. The third-order valence-electron chi connectivity index (χ3n) is 3.58. The maximum atomic E-state index is 12.9. The van der Waals surface area contributed by atoms with Crippen molar-refractivity contribution in [2.24, 2.45) is 0 Å². The number of hydrogen-bond donors (Lipinski definition) is 1. The lowest BCUT2D eigenvalue weighted by Crippen LogP contribution is -2.28. The number of nitrogens with zero attached hydrogens (tertiary/aromatic N) is 2. The number of halogens is 1. The van der Waals surface area contributed by atoms with Crippen molar-refractivity contribution >= 4 is 0 Å². The van der Waals surface area contributed by atoms with Gasteiger partial charge in [0.15, 0.2) is 5.82 Å². The van der Waals surface area contributed by atoms with Gasteiger partial charge in [-0.2, -0.15) is 4.98 Å². The zero-order chi connectivity index (χ0) is 14.5. The van der Waals surface area contributed by atoms with Crippen LogP contribution < -0.4 is 5.32 Å². The van der Waals surface area contributed by atoms with Gasteiger partial charge in [0.1, 0.15) is 5.82 Å². The lowest BCUT2D eigenvalue weighted by atomic mass is 9.98. The summed E-state index contributed by atoms with van der Waals surface area (Å²) >= 11 is 0. The van der Waals surface area contributed by atoms with Gasteiger partial charge >= 0.3 is 0 Å². The lowest BCUT2D eigenvalue weighted by molar-refractivity contribution is 0.320. The van der Waals surface area contributed by atoms with Crippen molar-refractivity contribution in [2.45, 2.75) is 38.6 Å². The Labute approximate surface area is 118 Å². The van der Waals surface area contributed by atoms with Crippen LogP contribution in [-0.2, 0) is 6.42 Å². The molecule has 0 fully saturated rings. The fourth-order valence-corrected chi connectivity index (χ4v) is 2.22. The zero-order valence-corrected chi connectivity index (χ0v) is 12.1. The molecule has 0 aliphatic carbocycles. The SMILES string of the molecule is CCC(c1nc(Cc2ccc(F)cc2)no1)C(C)NC. The molecule has 0 aliphatic heterocycles. The van der Waals surface area contributed by atoms with E-state index in [-0.39, 0.29) is 17.8 Å². The quantitative estimate of drug-likeness (QED) is 0.882. The Kier molecular flexibility index (Phi) is 4.84. The zero-order valence-electron chi connectivity index (χ0n) is 12.1. The van der Waals surface area contributed by atoms with Crippen LogP contribution in [0.4, 0.5) is 4.39 Å². The van der Waals surface area contributed by atoms with Crippen LogP contribution in [-0.4, -0.2) is 23.2 Å². The van der Waals surface area contributed by atoms with Gasteiger partial charge in [-0.05, 0) is 38.1 Å². The van der Waals surface area contributed by atoms with Crippen LogP contribution in [0.5, 0.6) is 0 Å². The van der Waals surface area contributed by atoms with Gasteiger partial charge in [0.05, 0.1) is 5.92 Å². The van der Waals surface area contributed by atoms with Crippen molar-refractivity contribution in [2.75, 3.05) is 7.05 Å². The minimum absolute atomic E-state index is 0.203. The molecule has 108 valence electrons.